The smallest absolute Gasteiger partial charge is 0.151 e. The Morgan fingerprint density at radius 1 is 1.35 bits per heavy atom. The predicted molar refractivity (Wildman–Crippen MR) is 63.0 cm³/mol. The van der Waals surface area contributed by atoms with Crippen LogP contribution >= 0.6 is 0 Å². The zero-order valence-corrected chi connectivity index (χ0v) is 9.91. The van der Waals surface area contributed by atoms with E-state index in [1.807, 2.05) is 6.92 Å². The standard InChI is InChI=1S/C12H16F2N2O/c1-7-11(3-4-17-7)16(2)12-9(13)5-8(15)6-10(12)14/h5-7,11H,3-4,15H2,1-2H3. The largest absolute Gasteiger partial charge is 0.399 e. The second-order valence-electron chi connectivity index (χ2n) is 4.38. The van der Waals surface area contributed by atoms with Crippen LogP contribution in [-0.4, -0.2) is 25.8 Å². The number of halogens is 2. The van der Waals surface area contributed by atoms with E-state index in [-0.39, 0.29) is 23.5 Å². The minimum atomic E-state index is -0.635. The lowest BCUT2D eigenvalue weighted by Crippen LogP contribution is -2.37. The van der Waals surface area contributed by atoms with E-state index >= 15 is 0 Å². The fourth-order valence-corrected chi connectivity index (χ4v) is 2.32. The van der Waals surface area contributed by atoms with E-state index < -0.39 is 11.6 Å². The molecule has 17 heavy (non-hydrogen) atoms. The van der Waals surface area contributed by atoms with Crippen LogP contribution in [-0.2, 0) is 4.74 Å². The lowest BCUT2D eigenvalue weighted by Gasteiger charge is -2.29. The highest BCUT2D eigenvalue weighted by molar-refractivity contribution is 5.56. The number of ether oxygens (including phenoxy) is 1. The number of nitrogens with two attached hydrogens (primary N) is 1. The first kappa shape index (κ1) is 12.1. The van der Waals surface area contributed by atoms with Gasteiger partial charge in [-0.2, -0.15) is 0 Å². The van der Waals surface area contributed by atoms with Crippen LogP contribution in [0.4, 0.5) is 20.2 Å². The third-order valence-electron chi connectivity index (χ3n) is 3.23. The normalized spacial score (nSPS) is 24.0. The molecule has 0 aliphatic carbocycles. The van der Waals surface area contributed by atoms with Gasteiger partial charge in [0.1, 0.15) is 5.69 Å². The molecular formula is C12H16F2N2O. The summed E-state index contributed by atoms with van der Waals surface area (Å²) in [6, 6.07) is 2.26. The maximum atomic E-state index is 13.7. The quantitative estimate of drug-likeness (QED) is 0.808. The topological polar surface area (TPSA) is 38.5 Å². The third kappa shape index (κ3) is 2.20. The van der Waals surface area contributed by atoms with Gasteiger partial charge in [-0.05, 0) is 25.5 Å². The van der Waals surface area contributed by atoms with Gasteiger partial charge in [-0.25, -0.2) is 8.78 Å². The van der Waals surface area contributed by atoms with Gasteiger partial charge in [0.15, 0.2) is 11.6 Å². The second kappa shape index (κ2) is 4.49. The molecule has 94 valence electrons. The molecule has 1 aliphatic heterocycles. The molecule has 2 rings (SSSR count). The number of nitrogens with zero attached hydrogens (tertiary/aromatic N) is 1. The molecular weight excluding hydrogens is 226 g/mol. The summed E-state index contributed by atoms with van der Waals surface area (Å²) in [5.41, 5.74) is 5.44. The summed E-state index contributed by atoms with van der Waals surface area (Å²) in [7, 11) is 1.67. The molecule has 1 aromatic rings. The molecule has 1 aliphatic rings. The maximum absolute atomic E-state index is 13.7. The molecule has 1 aromatic carbocycles. The first-order valence-corrected chi connectivity index (χ1v) is 5.59. The van der Waals surface area contributed by atoms with Crippen molar-refractivity contribution in [2.24, 2.45) is 0 Å². The number of anilines is 2. The fourth-order valence-electron chi connectivity index (χ4n) is 2.32. The van der Waals surface area contributed by atoms with Gasteiger partial charge >= 0.3 is 0 Å². The van der Waals surface area contributed by atoms with Crippen molar-refractivity contribution in [3.8, 4) is 0 Å². The Morgan fingerprint density at radius 2 is 1.94 bits per heavy atom. The number of benzene rings is 1. The van der Waals surface area contributed by atoms with Crippen molar-refractivity contribution in [1.82, 2.24) is 0 Å². The van der Waals surface area contributed by atoms with Gasteiger partial charge < -0.3 is 15.4 Å². The summed E-state index contributed by atoms with van der Waals surface area (Å²) in [6.45, 7) is 2.52. The zero-order valence-electron chi connectivity index (χ0n) is 9.91. The molecule has 0 bridgehead atoms. The minimum Gasteiger partial charge on any atom is -0.399 e. The van der Waals surface area contributed by atoms with E-state index in [0.29, 0.717) is 6.61 Å². The van der Waals surface area contributed by atoms with Crippen LogP contribution in [0, 0.1) is 11.6 Å². The summed E-state index contributed by atoms with van der Waals surface area (Å²) >= 11 is 0. The fraction of sp³-hybridized carbons (Fsp3) is 0.500. The molecule has 5 heteroatoms. The SMILES string of the molecule is CC1OCCC1N(C)c1c(F)cc(N)cc1F. The maximum Gasteiger partial charge on any atom is 0.151 e. The molecule has 2 unspecified atom stereocenters. The Labute approximate surface area is 99.2 Å². The summed E-state index contributed by atoms with van der Waals surface area (Å²) in [5.74, 6) is -1.27. The highest BCUT2D eigenvalue weighted by Gasteiger charge is 2.30. The minimum absolute atomic E-state index is 0.0115. The van der Waals surface area contributed by atoms with E-state index in [1.165, 1.54) is 0 Å². The van der Waals surface area contributed by atoms with Crippen LogP contribution in [0.1, 0.15) is 13.3 Å². The average Bonchev–Trinajstić information content (AvgIpc) is 2.62. The van der Waals surface area contributed by atoms with Crippen molar-refractivity contribution in [2.45, 2.75) is 25.5 Å². The van der Waals surface area contributed by atoms with Gasteiger partial charge in [-0.1, -0.05) is 0 Å². The molecule has 1 fully saturated rings. The molecule has 2 atom stereocenters. The van der Waals surface area contributed by atoms with E-state index in [1.54, 1.807) is 11.9 Å². The first-order chi connectivity index (χ1) is 8.00. The van der Waals surface area contributed by atoms with Crippen molar-refractivity contribution in [3.63, 3.8) is 0 Å². The van der Waals surface area contributed by atoms with Crippen LogP contribution < -0.4 is 10.6 Å². The Kier molecular flexibility index (Phi) is 3.19. The van der Waals surface area contributed by atoms with Gasteiger partial charge in [0.05, 0.1) is 12.1 Å². The van der Waals surface area contributed by atoms with Crippen LogP contribution in [0.3, 0.4) is 0 Å². The molecule has 0 spiro atoms. The predicted octanol–water partition coefficient (Wildman–Crippen LogP) is 2.16. The summed E-state index contributed by atoms with van der Waals surface area (Å²) in [5, 5.41) is 0. The van der Waals surface area contributed by atoms with Crippen molar-refractivity contribution < 1.29 is 13.5 Å². The average molecular weight is 242 g/mol. The van der Waals surface area contributed by atoms with Crippen LogP contribution in [0.25, 0.3) is 0 Å². The molecule has 0 amide bonds. The summed E-state index contributed by atoms with van der Waals surface area (Å²) < 4.78 is 32.9. The molecule has 2 N–H and O–H groups in total. The monoisotopic (exact) mass is 242 g/mol. The van der Waals surface area contributed by atoms with E-state index in [2.05, 4.69) is 0 Å². The Bertz CT molecular complexity index is 402. The molecule has 0 aromatic heterocycles. The van der Waals surface area contributed by atoms with Crippen LogP contribution in [0.5, 0.6) is 0 Å². The summed E-state index contributed by atoms with van der Waals surface area (Å²) in [4.78, 5) is 1.60. The lowest BCUT2D eigenvalue weighted by molar-refractivity contribution is 0.118. The van der Waals surface area contributed by atoms with E-state index in [0.717, 1.165) is 18.6 Å². The van der Waals surface area contributed by atoms with Gasteiger partial charge in [0.25, 0.3) is 0 Å². The van der Waals surface area contributed by atoms with E-state index in [4.69, 9.17) is 10.5 Å². The second-order valence-corrected chi connectivity index (χ2v) is 4.38. The zero-order chi connectivity index (χ0) is 12.6. The molecule has 1 heterocycles. The number of nitrogen functional groups attached to an aromatic ring is 1. The number of likely N-dealkylation sites (N-methyl/N-ethyl adjacent to an activating group) is 1. The Balaban J connectivity index is 2.33. The highest BCUT2D eigenvalue weighted by Crippen LogP contribution is 2.30. The summed E-state index contributed by atoms with van der Waals surface area (Å²) in [6.07, 6.45) is 0.734. The van der Waals surface area contributed by atoms with Crippen LogP contribution in [0.15, 0.2) is 12.1 Å². The van der Waals surface area contributed by atoms with Gasteiger partial charge in [0.2, 0.25) is 0 Å². The van der Waals surface area contributed by atoms with Gasteiger partial charge in [-0.3, -0.25) is 0 Å². The number of hydrogen-bond acceptors (Lipinski definition) is 3. The lowest BCUT2D eigenvalue weighted by atomic mass is 10.1. The first-order valence-electron chi connectivity index (χ1n) is 5.59. The highest BCUT2D eigenvalue weighted by atomic mass is 19.1. The van der Waals surface area contributed by atoms with Gasteiger partial charge in [-0.15, -0.1) is 0 Å². The number of hydrogen-bond donors (Lipinski definition) is 1. The van der Waals surface area contributed by atoms with E-state index in [9.17, 15) is 8.78 Å². The van der Waals surface area contributed by atoms with Crippen LogP contribution in [0.2, 0.25) is 0 Å². The molecule has 0 radical (unpaired) electrons. The third-order valence-corrected chi connectivity index (χ3v) is 3.23. The van der Waals surface area contributed by atoms with Crippen molar-refractivity contribution in [2.75, 3.05) is 24.3 Å². The van der Waals surface area contributed by atoms with Gasteiger partial charge in [0, 0.05) is 19.3 Å². The van der Waals surface area contributed by atoms with Crippen molar-refractivity contribution in [1.29, 1.82) is 0 Å². The Morgan fingerprint density at radius 3 is 2.41 bits per heavy atom. The molecule has 1 saturated heterocycles. The van der Waals surface area contributed by atoms with Crippen molar-refractivity contribution >= 4 is 11.4 Å². The van der Waals surface area contributed by atoms with Crippen molar-refractivity contribution in [3.05, 3.63) is 23.8 Å². The number of rotatable bonds is 2. The molecule has 0 saturated carbocycles. The molecule has 3 nitrogen and oxygen atoms in total. The Hall–Kier alpha value is -1.36.